The summed E-state index contributed by atoms with van der Waals surface area (Å²) in [6.45, 7) is 2.46. The molecule has 1 amide bonds. The van der Waals surface area contributed by atoms with Crippen molar-refractivity contribution < 1.29 is 31.8 Å². The SMILES string of the molecule is COC(C)c1cc(F)c(-c2nc(C(=O)Nc3cnn(C)c3)ccc2F)c(F)c1.NC1CCCOCC1F. The van der Waals surface area contributed by atoms with Crippen molar-refractivity contribution in [2.24, 2.45) is 12.8 Å². The van der Waals surface area contributed by atoms with E-state index in [-0.39, 0.29) is 23.9 Å². The molecule has 0 aliphatic carbocycles. The maximum Gasteiger partial charge on any atom is 0.274 e. The molecule has 3 atom stereocenters. The number of hydrogen-bond acceptors (Lipinski definition) is 6. The van der Waals surface area contributed by atoms with Crippen molar-refractivity contribution in [3.63, 3.8) is 0 Å². The summed E-state index contributed by atoms with van der Waals surface area (Å²) in [7, 11) is 3.07. The van der Waals surface area contributed by atoms with Crippen LogP contribution in [0.1, 0.15) is 41.9 Å². The molecule has 3 heterocycles. The highest BCUT2D eigenvalue weighted by Crippen LogP contribution is 2.30. The molecular weight excluding hydrogens is 494 g/mol. The van der Waals surface area contributed by atoms with Crippen LogP contribution in [-0.2, 0) is 16.5 Å². The number of nitrogens with zero attached hydrogens (tertiary/aromatic N) is 3. The zero-order valence-electron chi connectivity index (χ0n) is 20.7. The number of ether oxygens (including phenoxy) is 2. The van der Waals surface area contributed by atoms with Gasteiger partial charge >= 0.3 is 0 Å². The summed E-state index contributed by atoms with van der Waals surface area (Å²) in [5, 5.41) is 6.43. The number of methoxy groups -OCH3 is 1. The van der Waals surface area contributed by atoms with E-state index in [0.717, 1.165) is 37.1 Å². The molecule has 1 aliphatic heterocycles. The van der Waals surface area contributed by atoms with E-state index >= 15 is 0 Å². The molecule has 1 fully saturated rings. The molecule has 0 bridgehead atoms. The normalized spacial score (nSPS) is 18.4. The van der Waals surface area contributed by atoms with E-state index in [1.165, 1.54) is 18.0 Å². The first kappa shape index (κ1) is 28.2. The molecule has 8 nitrogen and oxygen atoms in total. The Bertz CT molecular complexity index is 1190. The van der Waals surface area contributed by atoms with Gasteiger partial charge in [-0.2, -0.15) is 5.10 Å². The van der Waals surface area contributed by atoms with Crippen LogP contribution in [0, 0.1) is 17.5 Å². The zero-order valence-corrected chi connectivity index (χ0v) is 20.7. The van der Waals surface area contributed by atoms with Crippen molar-refractivity contribution >= 4 is 11.6 Å². The largest absolute Gasteiger partial charge is 0.378 e. The van der Waals surface area contributed by atoms with Gasteiger partial charge in [0.25, 0.3) is 5.91 Å². The number of nitrogens with one attached hydrogen (secondary N) is 1. The lowest BCUT2D eigenvalue weighted by Gasteiger charge is -2.13. The number of pyridine rings is 1. The van der Waals surface area contributed by atoms with Gasteiger partial charge in [-0.15, -0.1) is 0 Å². The van der Waals surface area contributed by atoms with Crippen molar-refractivity contribution in [3.8, 4) is 11.3 Å². The number of aromatic nitrogens is 3. The molecule has 4 rings (SSSR count). The van der Waals surface area contributed by atoms with Crippen LogP contribution >= 0.6 is 0 Å². The highest BCUT2D eigenvalue weighted by Gasteiger charge is 2.22. The van der Waals surface area contributed by atoms with Crippen LogP contribution in [0.3, 0.4) is 0 Å². The number of carbonyl (C=O) groups excluding carboxylic acids is 1. The summed E-state index contributed by atoms with van der Waals surface area (Å²) < 4.78 is 67.4. The van der Waals surface area contributed by atoms with Crippen LogP contribution in [-0.4, -0.2) is 53.2 Å². The number of anilines is 1. The summed E-state index contributed by atoms with van der Waals surface area (Å²) in [6.07, 6.45) is 3.11. The summed E-state index contributed by atoms with van der Waals surface area (Å²) in [6, 6.07) is 3.87. The molecule has 2 aromatic heterocycles. The molecule has 200 valence electrons. The molecular formula is C25H29F4N5O3. The second-order valence-corrected chi connectivity index (χ2v) is 8.52. The Kier molecular flexibility index (Phi) is 9.73. The number of rotatable bonds is 5. The lowest BCUT2D eigenvalue weighted by molar-refractivity contribution is 0.0923. The van der Waals surface area contributed by atoms with Gasteiger partial charge in [-0.1, -0.05) is 0 Å². The van der Waals surface area contributed by atoms with Crippen molar-refractivity contribution in [2.45, 2.75) is 38.1 Å². The van der Waals surface area contributed by atoms with Crippen LogP contribution in [0.5, 0.6) is 0 Å². The van der Waals surface area contributed by atoms with Crippen LogP contribution in [0.25, 0.3) is 11.3 Å². The fraction of sp³-hybridized carbons (Fsp3) is 0.400. The molecule has 1 aromatic carbocycles. The number of amides is 1. The van der Waals surface area contributed by atoms with E-state index in [4.69, 9.17) is 15.2 Å². The van der Waals surface area contributed by atoms with Crippen LogP contribution < -0.4 is 11.1 Å². The molecule has 12 heteroatoms. The van der Waals surface area contributed by atoms with Crippen molar-refractivity contribution in [1.29, 1.82) is 0 Å². The van der Waals surface area contributed by atoms with Crippen LogP contribution in [0.15, 0.2) is 36.7 Å². The van der Waals surface area contributed by atoms with Crippen molar-refractivity contribution in [2.75, 3.05) is 25.6 Å². The molecule has 3 aromatic rings. The third-order valence-corrected chi connectivity index (χ3v) is 5.73. The fourth-order valence-corrected chi connectivity index (χ4v) is 3.54. The topological polar surface area (TPSA) is 104 Å². The number of halogens is 4. The first-order valence-electron chi connectivity index (χ1n) is 11.6. The van der Waals surface area contributed by atoms with E-state index in [1.54, 1.807) is 20.2 Å². The Labute approximate surface area is 211 Å². The van der Waals surface area contributed by atoms with E-state index < -0.39 is 46.9 Å². The minimum absolute atomic E-state index is 0.182. The summed E-state index contributed by atoms with van der Waals surface area (Å²) in [5.74, 6) is -3.63. The summed E-state index contributed by atoms with van der Waals surface area (Å²) in [4.78, 5) is 16.2. The van der Waals surface area contributed by atoms with Gasteiger partial charge in [-0.25, -0.2) is 22.5 Å². The predicted molar refractivity (Wildman–Crippen MR) is 129 cm³/mol. The predicted octanol–water partition coefficient (Wildman–Crippen LogP) is 4.32. The van der Waals surface area contributed by atoms with E-state index in [2.05, 4.69) is 15.4 Å². The van der Waals surface area contributed by atoms with Gasteiger partial charge in [0, 0.05) is 33.0 Å². The van der Waals surface area contributed by atoms with Crippen molar-refractivity contribution in [1.82, 2.24) is 14.8 Å². The minimum atomic E-state index is -1.00. The Hall–Kier alpha value is -3.35. The first-order valence-corrected chi connectivity index (χ1v) is 11.6. The van der Waals surface area contributed by atoms with Crippen molar-refractivity contribution in [3.05, 3.63) is 65.4 Å². The number of alkyl halides is 1. The third kappa shape index (κ3) is 7.34. The quantitative estimate of drug-likeness (QED) is 0.483. The third-order valence-electron chi connectivity index (χ3n) is 5.73. The van der Waals surface area contributed by atoms with Crippen LogP contribution in [0.4, 0.5) is 23.2 Å². The Morgan fingerprint density at radius 1 is 1.24 bits per heavy atom. The highest BCUT2D eigenvalue weighted by molar-refractivity contribution is 6.03. The summed E-state index contributed by atoms with van der Waals surface area (Å²) in [5.41, 5.74) is 4.63. The smallest absolute Gasteiger partial charge is 0.274 e. The molecule has 3 unspecified atom stereocenters. The van der Waals surface area contributed by atoms with E-state index in [1.807, 2.05) is 0 Å². The number of carbonyl (C=O) groups is 1. The molecule has 0 radical (unpaired) electrons. The lowest BCUT2D eigenvalue weighted by atomic mass is 10.0. The first-order chi connectivity index (χ1) is 17.6. The van der Waals surface area contributed by atoms with Gasteiger partial charge in [0.15, 0.2) is 0 Å². The Balaban J connectivity index is 0.000000356. The van der Waals surface area contributed by atoms with Gasteiger partial charge in [0.2, 0.25) is 0 Å². The standard InChI is InChI=1S/C19H17F3N4O2.C6H12FNO/c1-10(28-3)11-6-14(21)17(15(22)7-11)18-13(20)4-5-16(25-18)19(27)24-12-8-23-26(2)9-12;7-5-4-9-3-1-2-6(5)8/h4-10H,1-3H3,(H,24,27);5-6H,1-4,8H2. The Morgan fingerprint density at radius 2 is 1.95 bits per heavy atom. The number of benzene rings is 1. The maximum atomic E-state index is 14.5. The number of aryl methyl sites for hydroxylation is 1. The average molecular weight is 524 g/mol. The monoisotopic (exact) mass is 523 g/mol. The minimum Gasteiger partial charge on any atom is -0.378 e. The second kappa shape index (κ2) is 12.7. The zero-order chi connectivity index (χ0) is 27.1. The fourth-order valence-electron chi connectivity index (χ4n) is 3.54. The number of nitrogens with two attached hydrogens (primary N) is 1. The van der Waals surface area contributed by atoms with E-state index in [9.17, 15) is 22.4 Å². The molecule has 37 heavy (non-hydrogen) atoms. The number of hydrogen-bond donors (Lipinski definition) is 2. The second-order valence-electron chi connectivity index (χ2n) is 8.52. The molecule has 0 saturated carbocycles. The van der Waals surface area contributed by atoms with Gasteiger partial charge in [-0.3, -0.25) is 9.48 Å². The van der Waals surface area contributed by atoms with Crippen LogP contribution in [0.2, 0.25) is 0 Å². The Morgan fingerprint density at radius 3 is 2.57 bits per heavy atom. The average Bonchev–Trinajstić information content (AvgIpc) is 3.18. The van der Waals surface area contributed by atoms with Gasteiger partial charge in [-0.05, 0) is 49.6 Å². The highest BCUT2D eigenvalue weighted by atomic mass is 19.1. The molecule has 1 saturated heterocycles. The molecule has 3 N–H and O–H groups in total. The van der Waals surface area contributed by atoms with Gasteiger partial charge < -0.3 is 20.5 Å². The summed E-state index contributed by atoms with van der Waals surface area (Å²) >= 11 is 0. The maximum absolute atomic E-state index is 14.5. The lowest BCUT2D eigenvalue weighted by Crippen LogP contribution is -2.32. The molecule has 0 spiro atoms. The van der Waals surface area contributed by atoms with Gasteiger partial charge in [0.05, 0.1) is 30.2 Å². The van der Waals surface area contributed by atoms with E-state index in [0.29, 0.717) is 12.3 Å². The van der Waals surface area contributed by atoms with Gasteiger partial charge in [0.1, 0.15) is 35.0 Å². The molecule has 1 aliphatic rings.